The van der Waals surface area contributed by atoms with Crippen molar-refractivity contribution in [2.75, 3.05) is 11.9 Å². The van der Waals surface area contributed by atoms with E-state index in [-0.39, 0.29) is 5.82 Å². The molecule has 0 bridgehead atoms. The predicted octanol–water partition coefficient (Wildman–Crippen LogP) is 3.42. The minimum Gasteiger partial charge on any atom is -0.389 e. The topological polar surface area (TPSA) is 38.0 Å². The van der Waals surface area contributed by atoms with Crippen molar-refractivity contribution in [3.63, 3.8) is 0 Å². The molecular weight excluding hydrogens is 271 g/mol. The lowest BCUT2D eigenvalue weighted by molar-refractivity contribution is 0.625. The van der Waals surface area contributed by atoms with Gasteiger partial charge in [0.05, 0.1) is 0 Å². The van der Waals surface area contributed by atoms with E-state index in [1.165, 1.54) is 6.07 Å². The van der Waals surface area contributed by atoms with Crippen molar-refractivity contribution >= 4 is 22.9 Å². The van der Waals surface area contributed by atoms with Gasteiger partial charge >= 0.3 is 0 Å². The Kier molecular flexibility index (Phi) is 4.69. The van der Waals surface area contributed by atoms with Gasteiger partial charge in [-0.3, -0.25) is 0 Å². The van der Waals surface area contributed by atoms with Crippen LogP contribution in [0, 0.1) is 12.7 Å². The standard InChI is InChI=1S/C16H17FN2S/c1-11-5-6-15(14(9-11)16(18)20)19-8-7-12-3-2-4-13(17)10-12/h2-6,9-10,19H,7-8H2,1H3,(H2,18,20). The lowest BCUT2D eigenvalue weighted by Gasteiger charge is -2.12. The van der Waals surface area contributed by atoms with Gasteiger partial charge in [0.1, 0.15) is 10.8 Å². The van der Waals surface area contributed by atoms with Crippen LogP contribution in [0.1, 0.15) is 16.7 Å². The summed E-state index contributed by atoms with van der Waals surface area (Å²) in [5, 5.41) is 3.30. The number of aryl methyl sites for hydroxylation is 1. The lowest BCUT2D eigenvalue weighted by Crippen LogP contribution is -2.14. The van der Waals surface area contributed by atoms with E-state index in [9.17, 15) is 4.39 Å². The van der Waals surface area contributed by atoms with Crippen LogP contribution in [-0.2, 0) is 6.42 Å². The Morgan fingerprint density at radius 1 is 1.25 bits per heavy atom. The van der Waals surface area contributed by atoms with Gasteiger partial charge in [-0.1, -0.05) is 36.0 Å². The second-order valence-electron chi connectivity index (χ2n) is 4.72. The molecule has 0 spiro atoms. The minimum atomic E-state index is -0.207. The summed E-state index contributed by atoms with van der Waals surface area (Å²) in [6, 6.07) is 12.6. The third-order valence-electron chi connectivity index (χ3n) is 3.06. The van der Waals surface area contributed by atoms with Crippen LogP contribution in [0.15, 0.2) is 42.5 Å². The van der Waals surface area contributed by atoms with Crippen LogP contribution in [0.2, 0.25) is 0 Å². The Hall–Kier alpha value is -1.94. The average molecular weight is 288 g/mol. The van der Waals surface area contributed by atoms with E-state index in [2.05, 4.69) is 5.32 Å². The number of rotatable bonds is 5. The molecule has 0 atom stereocenters. The number of nitrogens with two attached hydrogens (primary N) is 1. The fraction of sp³-hybridized carbons (Fsp3) is 0.188. The number of anilines is 1. The van der Waals surface area contributed by atoms with E-state index in [1.54, 1.807) is 12.1 Å². The van der Waals surface area contributed by atoms with E-state index in [4.69, 9.17) is 18.0 Å². The molecule has 0 amide bonds. The van der Waals surface area contributed by atoms with Crippen molar-refractivity contribution in [1.82, 2.24) is 0 Å². The third kappa shape index (κ3) is 3.78. The molecule has 0 heterocycles. The molecule has 2 aromatic carbocycles. The number of benzene rings is 2. The molecule has 0 aliphatic heterocycles. The second kappa shape index (κ2) is 6.48. The number of hydrogen-bond acceptors (Lipinski definition) is 2. The summed E-state index contributed by atoms with van der Waals surface area (Å²) < 4.78 is 13.1. The van der Waals surface area contributed by atoms with Crippen molar-refractivity contribution in [2.24, 2.45) is 5.73 Å². The fourth-order valence-corrected chi connectivity index (χ4v) is 2.22. The van der Waals surface area contributed by atoms with Gasteiger partial charge in [-0.2, -0.15) is 0 Å². The molecule has 0 aliphatic carbocycles. The maximum Gasteiger partial charge on any atom is 0.123 e. The molecule has 2 rings (SSSR count). The predicted molar refractivity (Wildman–Crippen MR) is 85.7 cm³/mol. The third-order valence-corrected chi connectivity index (χ3v) is 3.28. The van der Waals surface area contributed by atoms with Crippen molar-refractivity contribution in [3.05, 3.63) is 65.0 Å². The van der Waals surface area contributed by atoms with Crippen LogP contribution >= 0.6 is 12.2 Å². The van der Waals surface area contributed by atoms with Crippen LogP contribution in [-0.4, -0.2) is 11.5 Å². The fourth-order valence-electron chi connectivity index (χ4n) is 2.05. The van der Waals surface area contributed by atoms with Crippen LogP contribution < -0.4 is 11.1 Å². The summed E-state index contributed by atoms with van der Waals surface area (Å²) in [5.74, 6) is -0.207. The van der Waals surface area contributed by atoms with Gasteiger partial charge in [0.15, 0.2) is 0 Å². The first kappa shape index (κ1) is 14.5. The van der Waals surface area contributed by atoms with Crippen LogP contribution in [0.25, 0.3) is 0 Å². The molecule has 0 saturated carbocycles. The summed E-state index contributed by atoms with van der Waals surface area (Å²) in [4.78, 5) is 0.377. The molecule has 4 heteroatoms. The highest BCUT2D eigenvalue weighted by Gasteiger charge is 2.05. The molecule has 2 aromatic rings. The highest BCUT2D eigenvalue weighted by Crippen LogP contribution is 2.17. The SMILES string of the molecule is Cc1ccc(NCCc2cccc(F)c2)c(C(N)=S)c1. The van der Waals surface area contributed by atoms with Crippen molar-refractivity contribution < 1.29 is 4.39 Å². The average Bonchev–Trinajstić information content (AvgIpc) is 2.40. The molecule has 2 nitrogen and oxygen atoms in total. The molecule has 0 saturated heterocycles. The lowest BCUT2D eigenvalue weighted by atomic mass is 10.1. The van der Waals surface area contributed by atoms with Crippen molar-refractivity contribution in [1.29, 1.82) is 0 Å². The van der Waals surface area contributed by atoms with Crippen molar-refractivity contribution in [3.8, 4) is 0 Å². The van der Waals surface area contributed by atoms with E-state index < -0.39 is 0 Å². The zero-order valence-electron chi connectivity index (χ0n) is 11.3. The molecule has 0 unspecified atom stereocenters. The van der Waals surface area contributed by atoms with Gasteiger partial charge in [-0.05, 0) is 43.2 Å². The number of hydrogen-bond donors (Lipinski definition) is 2. The van der Waals surface area contributed by atoms with Crippen LogP contribution in [0.4, 0.5) is 10.1 Å². The number of nitrogens with one attached hydrogen (secondary N) is 1. The van der Waals surface area contributed by atoms with Gasteiger partial charge < -0.3 is 11.1 Å². The van der Waals surface area contributed by atoms with Crippen LogP contribution in [0.5, 0.6) is 0 Å². The number of thiocarbonyl (C=S) groups is 1. The van der Waals surface area contributed by atoms with E-state index in [0.29, 0.717) is 11.5 Å². The van der Waals surface area contributed by atoms with Gasteiger partial charge in [-0.15, -0.1) is 0 Å². The highest BCUT2D eigenvalue weighted by atomic mass is 32.1. The summed E-state index contributed by atoms with van der Waals surface area (Å²) in [7, 11) is 0. The zero-order valence-corrected chi connectivity index (χ0v) is 12.1. The molecule has 20 heavy (non-hydrogen) atoms. The maximum absolute atomic E-state index is 13.1. The van der Waals surface area contributed by atoms with Gasteiger partial charge in [0.2, 0.25) is 0 Å². The zero-order chi connectivity index (χ0) is 14.5. The Morgan fingerprint density at radius 3 is 2.75 bits per heavy atom. The first-order valence-corrected chi connectivity index (χ1v) is 6.86. The summed E-state index contributed by atoms with van der Waals surface area (Å²) in [6.45, 7) is 2.69. The molecule has 0 aliphatic rings. The van der Waals surface area contributed by atoms with Gasteiger partial charge in [0.25, 0.3) is 0 Å². The smallest absolute Gasteiger partial charge is 0.123 e. The van der Waals surface area contributed by atoms with E-state index in [1.807, 2.05) is 31.2 Å². The first-order valence-electron chi connectivity index (χ1n) is 6.45. The molecular formula is C16H17FN2S. The Balaban J connectivity index is 2.02. The Bertz CT molecular complexity index is 626. The van der Waals surface area contributed by atoms with E-state index >= 15 is 0 Å². The van der Waals surface area contributed by atoms with Gasteiger partial charge in [-0.25, -0.2) is 4.39 Å². The first-order chi connectivity index (χ1) is 9.56. The molecule has 0 aromatic heterocycles. The quantitative estimate of drug-likeness (QED) is 0.828. The largest absolute Gasteiger partial charge is 0.389 e. The summed E-state index contributed by atoms with van der Waals surface area (Å²) in [5.41, 5.74) is 9.56. The van der Waals surface area contributed by atoms with E-state index in [0.717, 1.165) is 28.8 Å². The number of halogens is 1. The molecule has 104 valence electrons. The molecule has 0 radical (unpaired) electrons. The Labute approximate surface area is 123 Å². The van der Waals surface area contributed by atoms with Crippen LogP contribution in [0.3, 0.4) is 0 Å². The van der Waals surface area contributed by atoms with Gasteiger partial charge in [0, 0.05) is 17.8 Å². The summed E-state index contributed by atoms with van der Waals surface area (Å²) in [6.07, 6.45) is 0.739. The van der Waals surface area contributed by atoms with Crippen molar-refractivity contribution in [2.45, 2.75) is 13.3 Å². The normalized spacial score (nSPS) is 10.3. The molecule has 3 N–H and O–H groups in total. The molecule has 0 fully saturated rings. The maximum atomic E-state index is 13.1. The highest BCUT2D eigenvalue weighted by molar-refractivity contribution is 7.80. The Morgan fingerprint density at radius 2 is 2.05 bits per heavy atom. The monoisotopic (exact) mass is 288 g/mol. The second-order valence-corrected chi connectivity index (χ2v) is 5.16. The minimum absolute atomic E-state index is 0.207. The summed E-state index contributed by atoms with van der Waals surface area (Å²) >= 11 is 5.06.